The molecule has 0 unspecified atom stereocenters. The Hall–Kier alpha value is -1.62. The minimum Gasteiger partial charge on any atom is -0.546 e. The van der Waals surface area contributed by atoms with E-state index in [4.69, 9.17) is 15.2 Å². The summed E-state index contributed by atoms with van der Waals surface area (Å²) in [4.78, 5) is 0. The molecule has 1 aromatic carbocycles. The Morgan fingerprint density at radius 1 is 1.20 bits per heavy atom. The van der Waals surface area contributed by atoms with Gasteiger partial charge in [0, 0.05) is 5.56 Å². The Morgan fingerprint density at radius 3 is 2.60 bits per heavy atom. The first-order valence-corrected chi connectivity index (χ1v) is 7.62. The average Bonchev–Trinajstić information content (AvgIpc) is 2.43. The summed E-state index contributed by atoms with van der Waals surface area (Å²) in [5.41, 5.74) is 1.48. The molecule has 78 valence electrons. The normalized spacial score (nSPS) is 14.1. The first-order chi connectivity index (χ1) is 7.09. The monoisotopic (exact) mass is 219 g/mol. The highest BCUT2D eigenvalue weighted by atomic mass is 28.3. The van der Waals surface area contributed by atoms with Crippen LogP contribution in [0, 0.1) is 10.8 Å². The molecule has 0 aromatic heterocycles. The molecule has 1 heterocycles. The molecule has 0 amide bonds. The second-order valence-corrected chi connectivity index (χ2v) is 6.05. The van der Waals surface area contributed by atoms with Gasteiger partial charge in [0.05, 0.1) is 5.56 Å². The molecule has 1 aliphatic heterocycles. The van der Waals surface area contributed by atoms with Crippen molar-refractivity contribution >= 4 is 20.7 Å². The summed E-state index contributed by atoms with van der Waals surface area (Å²) in [5.74, 6) is 1.28. The highest BCUT2D eigenvalue weighted by Gasteiger charge is 2.24. The van der Waals surface area contributed by atoms with Gasteiger partial charge in [-0.3, -0.25) is 10.8 Å². The molecule has 0 spiro atoms. The third-order valence-corrected chi connectivity index (χ3v) is 2.88. The zero-order valence-electron chi connectivity index (χ0n) is 8.72. The van der Waals surface area contributed by atoms with Crippen molar-refractivity contribution < 1.29 is 4.43 Å². The maximum atomic E-state index is 7.73. The van der Waals surface area contributed by atoms with E-state index < -0.39 is 9.04 Å². The predicted octanol–water partition coefficient (Wildman–Crippen LogP) is 1.30. The van der Waals surface area contributed by atoms with Crippen LogP contribution in [0.15, 0.2) is 18.2 Å². The Balaban J connectivity index is 2.50. The smallest absolute Gasteiger partial charge is 0.229 e. The summed E-state index contributed by atoms with van der Waals surface area (Å²) < 4.78 is 5.74. The van der Waals surface area contributed by atoms with Gasteiger partial charge in [0.1, 0.15) is 17.4 Å². The molecule has 0 radical (unpaired) electrons. The molecule has 4 nitrogen and oxygen atoms in total. The van der Waals surface area contributed by atoms with Crippen LogP contribution >= 0.6 is 0 Å². The fourth-order valence-corrected chi connectivity index (χ4v) is 2.31. The molecule has 0 saturated heterocycles. The summed E-state index contributed by atoms with van der Waals surface area (Å²) in [6.07, 6.45) is 0. The Morgan fingerprint density at radius 2 is 1.93 bits per heavy atom. The molecule has 3 N–H and O–H groups in total. The van der Waals surface area contributed by atoms with Gasteiger partial charge >= 0.3 is 0 Å². The maximum Gasteiger partial charge on any atom is 0.229 e. The van der Waals surface area contributed by atoms with Crippen molar-refractivity contribution in [3.8, 4) is 5.75 Å². The van der Waals surface area contributed by atoms with Crippen LogP contribution < -0.4 is 9.74 Å². The lowest BCUT2D eigenvalue weighted by Crippen LogP contribution is -2.20. The van der Waals surface area contributed by atoms with E-state index in [1.165, 1.54) is 0 Å². The molecule has 1 aliphatic rings. The van der Waals surface area contributed by atoms with Crippen molar-refractivity contribution in [2.24, 2.45) is 0 Å². The van der Waals surface area contributed by atoms with Gasteiger partial charge in [-0.15, -0.1) is 0 Å². The van der Waals surface area contributed by atoms with Crippen molar-refractivity contribution in [3.05, 3.63) is 29.3 Å². The van der Waals surface area contributed by atoms with Crippen LogP contribution in [0.25, 0.3) is 0 Å². The Labute approximate surface area is 90.0 Å². The van der Waals surface area contributed by atoms with Gasteiger partial charge in [-0.2, -0.15) is 0 Å². The average molecular weight is 219 g/mol. The van der Waals surface area contributed by atoms with Gasteiger partial charge in [0.2, 0.25) is 9.04 Å². The van der Waals surface area contributed by atoms with Gasteiger partial charge in [-0.25, -0.2) is 0 Å². The van der Waals surface area contributed by atoms with Crippen molar-refractivity contribution in [2.75, 3.05) is 0 Å². The predicted molar refractivity (Wildman–Crippen MR) is 62.7 cm³/mol. The van der Waals surface area contributed by atoms with E-state index in [0.717, 1.165) is 16.9 Å². The molecule has 0 fully saturated rings. The molecular formula is C10H13N3OSi. The maximum absolute atomic E-state index is 7.73. The van der Waals surface area contributed by atoms with Crippen LogP contribution in [-0.4, -0.2) is 20.7 Å². The van der Waals surface area contributed by atoms with Crippen LogP contribution in [0.5, 0.6) is 5.75 Å². The molecule has 0 bridgehead atoms. The third-order valence-electron chi connectivity index (χ3n) is 2.16. The number of benzene rings is 1. The number of hydrogen-bond acceptors (Lipinski definition) is 3. The number of hydrogen-bond donors (Lipinski definition) is 3. The number of fused-ring (bicyclic) bond motifs is 1. The van der Waals surface area contributed by atoms with E-state index in [1.807, 2.05) is 18.2 Å². The van der Waals surface area contributed by atoms with E-state index in [1.54, 1.807) is 0 Å². The molecule has 0 aliphatic carbocycles. The van der Waals surface area contributed by atoms with Gasteiger partial charge in [0.25, 0.3) is 0 Å². The lowest BCUT2D eigenvalue weighted by atomic mass is 10.1. The lowest BCUT2D eigenvalue weighted by molar-refractivity contribution is 0.579. The first kappa shape index (κ1) is 9.91. The van der Waals surface area contributed by atoms with E-state index in [9.17, 15) is 0 Å². The SMILES string of the molecule is C[SiH](C)Oc1cccc2c1C(=N)NC2=N. The van der Waals surface area contributed by atoms with Crippen molar-refractivity contribution in [1.29, 1.82) is 10.8 Å². The summed E-state index contributed by atoms with van der Waals surface area (Å²) in [6.45, 7) is 4.16. The summed E-state index contributed by atoms with van der Waals surface area (Å²) >= 11 is 0. The van der Waals surface area contributed by atoms with Gasteiger partial charge in [0.15, 0.2) is 0 Å². The van der Waals surface area contributed by atoms with Crippen LogP contribution in [0.1, 0.15) is 11.1 Å². The zero-order valence-corrected chi connectivity index (χ0v) is 9.87. The van der Waals surface area contributed by atoms with Crippen LogP contribution in [-0.2, 0) is 0 Å². The summed E-state index contributed by atoms with van der Waals surface area (Å²) in [5, 5.41) is 18.1. The van der Waals surface area contributed by atoms with Crippen LogP contribution in [0.4, 0.5) is 0 Å². The molecule has 5 heteroatoms. The molecule has 0 saturated carbocycles. The van der Waals surface area contributed by atoms with Gasteiger partial charge in [-0.05, 0) is 19.2 Å². The first-order valence-electron chi connectivity index (χ1n) is 4.84. The molecular weight excluding hydrogens is 206 g/mol. The largest absolute Gasteiger partial charge is 0.546 e. The standard InChI is InChI=1S/C10H13N3OSi/c1-15(2)14-7-5-3-4-6-8(7)10(12)13-9(6)11/h3-5,15H,1-2H3,(H3,11,12,13). The highest BCUT2D eigenvalue weighted by Crippen LogP contribution is 2.26. The molecule has 1 aromatic rings. The number of amidine groups is 2. The van der Waals surface area contributed by atoms with Crippen LogP contribution in [0.2, 0.25) is 13.1 Å². The van der Waals surface area contributed by atoms with Crippen LogP contribution in [0.3, 0.4) is 0 Å². The Kier molecular flexibility index (Phi) is 2.32. The minimum absolute atomic E-state index is 0.264. The van der Waals surface area contributed by atoms with Gasteiger partial charge < -0.3 is 9.74 Å². The molecule has 2 rings (SSSR count). The van der Waals surface area contributed by atoms with Crippen molar-refractivity contribution in [3.63, 3.8) is 0 Å². The fraction of sp³-hybridized carbons (Fsp3) is 0.200. The van der Waals surface area contributed by atoms with E-state index in [2.05, 4.69) is 18.4 Å². The zero-order chi connectivity index (χ0) is 11.0. The lowest BCUT2D eigenvalue weighted by Gasteiger charge is -2.12. The second-order valence-electron chi connectivity index (χ2n) is 3.72. The second kappa shape index (κ2) is 3.51. The number of nitrogens with one attached hydrogen (secondary N) is 3. The minimum atomic E-state index is -1.17. The van der Waals surface area contributed by atoms with Gasteiger partial charge in [-0.1, -0.05) is 12.1 Å². The van der Waals surface area contributed by atoms with Crippen molar-refractivity contribution in [1.82, 2.24) is 5.32 Å². The highest BCUT2D eigenvalue weighted by molar-refractivity contribution is 6.49. The fourth-order valence-electron chi connectivity index (χ4n) is 1.60. The summed E-state index contributed by atoms with van der Waals surface area (Å²) in [6, 6.07) is 5.56. The number of rotatable bonds is 2. The van der Waals surface area contributed by atoms with Crippen molar-refractivity contribution in [2.45, 2.75) is 13.1 Å². The topological polar surface area (TPSA) is 69.0 Å². The van der Waals surface area contributed by atoms with E-state index in [-0.39, 0.29) is 11.7 Å². The van der Waals surface area contributed by atoms with E-state index in [0.29, 0.717) is 0 Å². The van der Waals surface area contributed by atoms with E-state index >= 15 is 0 Å². The molecule has 0 atom stereocenters. The quantitative estimate of drug-likeness (QED) is 0.656. The summed E-state index contributed by atoms with van der Waals surface area (Å²) in [7, 11) is -1.17. The molecule has 15 heavy (non-hydrogen) atoms. The third kappa shape index (κ3) is 1.66. The Bertz CT molecular complexity index is 442.